The van der Waals surface area contributed by atoms with Gasteiger partial charge in [-0.2, -0.15) is 0 Å². The zero-order valence-electron chi connectivity index (χ0n) is 17.4. The summed E-state index contributed by atoms with van der Waals surface area (Å²) in [5.41, 5.74) is 4.06. The summed E-state index contributed by atoms with van der Waals surface area (Å²) in [6.07, 6.45) is 0.875. The topological polar surface area (TPSA) is 59.1 Å². The standard InChI is InChI=1S/C24H26N2O4/c1-15-9-16(2)11-18(10-15)23(27)25-5-7-26(8-6-25)24(28)20-13-19(20)17-3-4-21-22(12-17)30-14-29-21/h3-4,9-12,19-20H,5-8,13-14H2,1-2H3. The van der Waals surface area contributed by atoms with Gasteiger partial charge in [-0.1, -0.05) is 23.3 Å². The monoisotopic (exact) mass is 406 g/mol. The van der Waals surface area contributed by atoms with Gasteiger partial charge in [0.1, 0.15) is 0 Å². The highest BCUT2D eigenvalue weighted by Crippen LogP contribution is 2.50. The molecule has 156 valence electrons. The Hall–Kier alpha value is -3.02. The largest absolute Gasteiger partial charge is 0.454 e. The maximum Gasteiger partial charge on any atom is 0.253 e. The van der Waals surface area contributed by atoms with Gasteiger partial charge in [-0.15, -0.1) is 0 Å². The van der Waals surface area contributed by atoms with E-state index in [9.17, 15) is 9.59 Å². The highest BCUT2D eigenvalue weighted by molar-refractivity contribution is 5.95. The molecule has 2 atom stereocenters. The van der Waals surface area contributed by atoms with Crippen molar-refractivity contribution < 1.29 is 19.1 Å². The molecule has 2 heterocycles. The molecule has 2 aromatic rings. The van der Waals surface area contributed by atoms with Gasteiger partial charge in [0, 0.05) is 37.7 Å². The van der Waals surface area contributed by atoms with E-state index in [4.69, 9.17) is 9.47 Å². The number of carbonyl (C=O) groups is 2. The molecule has 30 heavy (non-hydrogen) atoms. The summed E-state index contributed by atoms with van der Waals surface area (Å²) >= 11 is 0. The van der Waals surface area contributed by atoms with Gasteiger partial charge in [-0.25, -0.2) is 0 Å². The van der Waals surface area contributed by atoms with Crippen molar-refractivity contribution in [2.24, 2.45) is 5.92 Å². The molecule has 1 aliphatic carbocycles. The fourth-order valence-corrected chi connectivity index (χ4v) is 4.63. The minimum Gasteiger partial charge on any atom is -0.454 e. The molecule has 6 heteroatoms. The second kappa shape index (κ2) is 7.35. The van der Waals surface area contributed by atoms with E-state index in [1.165, 1.54) is 0 Å². The van der Waals surface area contributed by atoms with Crippen molar-refractivity contribution in [2.75, 3.05) is 33.0 Å². The minimum absolute atomic E-state index is 0.0343. The third-order valence-electron chi connectivity index (χ3n) is 6.28. The number of rotatable bonds is 3. The van der Waals surface area contributed by atoms with Gasteiger partial charge in [0.25, 0.3) is 5.91 Å². The molecule has 0 bridgehead atoms. The van der Waals surface area contributed by atoms with E-state index < -0.39 is 0 Å². The number of hydrogen-bond donors (Lipinski definition) is 0. The molecule has 3 aliphatic rings. The van der Waals surface area contributed by atoms with Gasteiger partial charge >= 0.3 is 0 Å². The van der Waals surface area contributed by atoms with Crippen molar-refractivity contribution in [3.05, 3.63) is 58.7 Å². The zero-order chi connectivity index (χ0) is 20.8. The smallest absolute Gasteiger partial charge is 0.253 e. The van der Waals surface area contributed by atoms with E-state index in [2.05, 4.69) is 6.07 Å². The molecule has 0 radical (unpaired) electrons. The number of fused-ring (bicyclic) bond motifs is 1. The maximum atomic E-state index is 13.0. The maximum absolute atomic E-state index is 13.0. The molecule has 2 aromatic carbocycles. The summed E-state index contributed by atoms with van der Waals surface area (Å²) in [6, 6.07) is 11.9. The molecule has 2 amide bonds. The predicted octanol–water partition coefficient (Wildman–Crippen LogP) is 3.12. The van der Waals surface area contributed by atoms with E-state index in [1.54, 1.807) is 0 Å². The molecule has 2 unspecified atom stereocenters. The van der Waals surface area contributed by atoms with Crippen molar-refractivity contribution in [1.82, 2.24) is 9.80 Å². The van der Waals surface area contributed by atoms with Gasteiger partial charge < -0.3 is 19.3 Å². The summed E-state index contributed by atoms with van der Waals surface area (Å²) in [7, 11) is 0. The Morgan fingerprint density at radius 2 is 1.53 bits per heavy atom. The van der Waals surface area contributed by atoms with Gasteiger partial charge in [0.15, 0.2) is 11.5 Å². The highest BCUT2D eigenvalue weighted by Gasteiger charge is 2.46. The zero-order valence-corrected chi connectivity index (χ0v) is 17.4. The number of carbonyl (C=O) groups excluding carboxylic acids is 2. The average molecular weight is 406 g/mol. The van der Waals surface area contributed by atoms with Crippen LogP contribution in [0.1, 0.15) is 39.4 Å². The van der Waals surface area contributed by atoms with Crippen LogP contribution in [0.25, 0.3) is 0 Å². The minimum atomic E-state index is 0.0343. The molecule has 0 aromatic heterocycles. The first-order valence-corrected chi connectivity index (χ1v) is 10.6. The fourth-order valence-electron chi connectivity index (χ4n) is 4.63. The van der Waals surface area contributed by atoms with Crippen molar-refractivity contribution in [3.8, 4) is 11.5 Å². The first-order valence-electron chi connectivity index (χ1n) is 10.6. The van der Waals surface area contributed by atoms with Gasteiger partial charge in [-0.05, 0) is 56.0 Å². The van der Waals surface area contributed by atoms with E-state index in [-0.39, 0.29) is 30.4 Å². The lowest BCUT2D eigenvalue weighted by Gasteiger charge is -2.35. The van der Waals surface area contributed by atoms with Crippen LogP contribution in [0.5, 0.6) is 11.5 Å². The van der Waals surface area contributed by atoms with E-state index in [1.807, 2.05) is 54.0 Å². The highest BCUT2D eigenvalue weighted by atomic mass is 16.7. The summed E-state index contributed by atoms with van der Waals surface area (Å²) in [6.45, 7) is 6.63. The normalized spacial score (nSPS) is 22.2. The van der Waals surface area contributed by atoms with Gasteiger partial charge in [0.05, 0.1) is 0 Å². The molecule has 1 saturated heterocycles. The summed E-state index contributed by atoms with van der Waals surface area (Å²) < 4.78 is 10.8. The van der Waals surface area contributed by atoms with Crippen LogP contribution in [0, 0.1) is 19.8 Å². The molecule has 0 spiro atoms. The van der Waals surface area contributed by atoms with Gasteiger partial charge in [0.2, 0.25) is 12.7 Å². The molecule has 5 rings (SSSR count). The first-order chi connectivity index (χ1) is 14.5. The van der Waals surface area contributed by atoms with Crippen molar-refractivity contribution in [3.63, 3.8) is 0 Å². The molecule has 1 saturated carbocycles. The van der Waals surface area contributed by atoms with Crippen LogP contribution in [-0.4, -0.2) is 54.6 Å². The first kappa shape index (κ1) is 19.0. The quantitative estimate of drug-likeness (QED) is 0.786. The average Bonchev–Trinajstić information content (AvgIpc) is 3.41. The lowest BCUT2D eigenvalue weighted by molar-refractivity contribution is -0.134. The number of ether oxygens (including phenoxy) is 2. The Balaban J connectivity index is 1.18. The number of amides is 2. The number of hydrogen-bond acceptors (Lipinski definition) is 4. The summed E-state index contributed by atoms with van der Waals surface area (Å²) in [5, 5.41) is 0. The Kier molecular flexibility index (Phi) is 4.65. The van der Waals surface area contributed by atoms with Crippen LogP contribution in [-0.2, 0) is 4.79 Å². The van der Waals surface area contributed by atoms with Crippen LogP contribution in [0.4, 0.5) is 0 Å². The Bertz CT molecular complexity index is 990. The van der Waals surface area contributed by atoms with Crippen molar-refractivity contribution in [2.45, 2.75) is 26.2 Å². The number of nitrogens with zero attached hydrogens (tertiary/aromatic N) is 2. The lowest BCUT2D eigenvalue weighted by atomic mass is 10.1. The number of aryl methyl sites for hydroxylation is 2. The Morgan fingerprint density at radius 3 is 2.27 bits per heavy atom. The van der Waals surface area contributed by atoms with Crippen LogP contribution in [0.15, 0.2) is 36.4 Å². The SMILES string of the molecule is Cc1cc(C)cc(C(=O)N2CCN(C(=O)C3CC3c3ccc4c(c3)OCO4)CC2)c1. The van der Waals surface area contributed by atoms with Crippen LogP contribution in [0.2, 0.25) is 0 Å². The molecule has 0 N–H and O–H groups in total. The Morgan fingerprint density at radius 1 is 0.867 bits per heavy atom. The summed E-state index contributed by atoms with van der Waals surface area (Å²) in [4.78, 5) is 29.6. The van der Waals surface area contributed by atoms with E-state index in [0.717, 1.165) is 40.2 Å². The van der Waals surface area contributed by atoms with E-state index in [0.29, 0.717) is 26.2 Å². The fraction of sp³-hybridized carbons (Fsp3) is 0.417. The lowest BCUT2D eigenvalue weighted by Crippen LogP contribution is -2.51. The molecular weight excluding hydrogens is 380 g/mol. The third kappa shape index (κ3) is 3.51. The molecule has 6 nitrogen and oxygen atoms in total. The van der Waals surface area contributed by atoms with Crippen molar-refractivity contribution >= 4 is 11.8 Å². The Labute approximate surface area is 176 Å². The third-order valence-corrected chi connectivity index (χ3v) is 6.28. The second-order valence-corrected chi connectivity index (χ2v) is 8.56. The number of piperazine rings is 1. The molecule has 2 aliphatic heterocycles. The molecular formula is C24H26N2O4. The summed E-state index contributed by atoms with van der Waals surface area (Å²) in [5.74, 6) is 2.08. The van der Waals surface area contributed by atoms with Crippen LogP contribution >= 0.6 is 0 Å². The van der Waals surface area contributed by atoms with Crippen LogP contribution in [0.3, 0.4) is 0 Å². The van der Waals surface area contributed by atoms with Gasteiger partial charge in [-0.3, -0.25) is 9.59 Å². The predicted molar refractivity (Wildman–Crippen MR) is 112 cm³/mol. The second-order valence-electron chi connectivity index (χ2n) is 8.56. The van der Waals surface area contributed by atoms with E-state index >= 15 is 0 Å². The molecule has 2 fully saturated rings. The van der Waals surface area contributed by atoms with Crippen molar-refractivity contribution in [1.29, 1.82) is 0 Å². The number of benzene rings is 2. The van der Waals surface area contributed by atoms with Crippen LogP contribution < -0.4 is 9.47 Å².